The van der Waals surface area contributed by atoms with Crippen molar-refractivity contribution in [2.75, 3.05) is 13.2 Å². The van der Waals surface area contributed by atoms with E-state index < -0.39 is 0 Å². The van der Waals surface area contributed by atoms with Crippen molar-refractivity contribution in [2.24, 2.45) is 11.7 Å². The first-order valence-electron chi connectivity index (χ1n) is 9.38. The van der Waals surface area contributed by atoms with E-state index in [9.17, 15) is 5.11 Å². The average molecular weight is 299 g/mol. The molecule has 1 fully saturated rings. The molecule has 3 heteroatoms. The van der Waals surface area contributed by atoms with Crippen LogP contribution in [0.5, 0.6) is 0 Å². The van der Waals surface area contributed by atoms with Crippen LogP contribution in [0.1, 0.15) is 84.0 Å². The number of unbranched alkanes of at least 4 members (excludes halogenated alkanes) is 6. The third-order valence-electron chi connectivity index (χ3n) is 5.03. The fourth-order valence-electron chi connectivity index (χ4n) is 3.57. The van der Waals surface area contributed by atoms with Gasteiger partial charge in [-0.3, -0.25) is 0 Å². The van der Waals surface area contributed by atoms with Crippen LogP contribution in [-0.4, -0.2) is 30.3 Å². The Morgan fingerprint density at radius 3 is 2.38 bits per heavy atom. The first kappa shape index (κ1) is 18.9. The molecular formula is C18H38N2O. The van der Waals surface area contributed by atoms with E-state index in [-0.39, 0.29) is 0 Å². The fourth-order valence-corrected chi connectivity index (χ4v) is 3.57. The summed E-state index contributed by atoms with van der Waals surface area (Å²) in [5, 5.41) is 13.2. The molecule has 1 aliphatic carbocycles. The third-order valence-corrected chi connectivity index (χ3v) is 5.03. The molecule has 3 unspecified atom stereocenters. The summed E-state index contributed by atoms with van der Waals surface area (Å²) in [7, 11) is 0. The zero-order valence-corrected chi connectivity index (χ0v) is 14.2. The van der Waals surface area contributed by atoms with Crippen LogP contribution in [-0.2, 0) is 0 Å². The maximum Gasteiger partial charge on any atom is 0.0474 e. The largest absolute Gasteiger partial charge is 0.396 e. The maximum absolute atomic E-state index is 9.49. The summed E-state index contributed by atoms with van der Waals surface area (Å²) in [6, 6.07) is 0.930. The van der Waals surface area contributed by atoms with Gasteiger partial charge in [-0.15, -0.1) is 0 Å². The summed E-state index contributed by atoms with van der Waals surface area (Å²) in [6.45, 7) is 3.32. The highest BCUT2D eigenvalue weighted by atomic mass is 16.3. The summed E-state index contributed by atoms with van der Waals surface area (Å²) < 4.78 is 0. The topological polar surface area (TPSA) is 58.3 Å². The molecule has 4 N–H and O–H groups in total. The van der Waals surface area contributed by atoms with Crippen molar-refractivity contribution >= 4 is 0 Å². The summed E-state index contributed by atoms with van der Waals surface area (Å²) in [4.78, 5) is 0. The van der Waals surface area contributed by atoms with Crippen LogP contribution in [0.4, 0.5) is 0 Å². The van der Waals surface area contributed by atoms with Gasteiger partial charge < -0.3 is 16.2 Å². The summed E-state index contributed by atoms with van der Waals surface area (Å²) in [5.41, 5.74) is 5.93. The molecule has 0 aromatic carbocycles. The molecule has 0 saturated heterocycles. The third kappa shape index (κ3) is 8.18. The van der Waals surface area contributed by atoms with Gasteiger partial charge in [-0.05, 0) is 25.2 Å². The smallest absolute Gasteiger partial charge is 0.0474 e. The lowest BCUT2D eigenvalue weighted by molar-refractivity contribution is 0.145. The van der Waals surface area contributed by atoms with E-state index >= 15 is 0 Å². The monoisotopic (exact) mass is 298 g/mol. The predicted molar refractivity (Wildman–Crippen MR) is 91.4 cm³/mol. The molecule has 3 atom stereocenters. The zero-order valence-electron chi connectivity index (χ0n) is 14.2. The Bertz CT molecular complexity index is 235. The van der Waals surface area contributed by atoms with Crippen LogP contribution in [0.2, 0.25) is 0 Å². The SMILES string of the molecule is CCCCCCCCCC(CN)NC1CCCCC1CO. The van der Waals surface area contributed by atoms with E-state index in [0.29, 0.717) is 24.6 Å². The van der Waals surface area contributed by atoms with Gasteiger partial charge in [0.25, 0.3) is 0 Å². The molecule has 0 aliphatic heterocycles. The molecule has 0 heterocycles. The maximum atomic E-state index is 9.49. The molecule has 0 spiro atoms. The van der Waals surface area contributed by atoms with Crippen LogP contribution >= 0.6 is 0 Å². The van der Waals surface area contributed by atoms with Gasteiger partial charge in [0.15, 0.2) is 0 Å². The number of hydrogen-bond donors (Lipinski definition) is 3. The molecule has 0 amide bonds. The first-order chi connectivity index (χ1) is 10.3. The molecule has 1 rings (SSSR count). The highest BCUT2D eigenvalue weighted by molar-refractivity contribution is 4.84. The van der Waals surface area contributed by atoms with Gasteiger partial charge in [0.05, 0.1) is 0 Å². The number of aliphatic hydroxyl groups excluding tert-OH is 1. The van der Waals surface area contributed by atoms with E-state index in [1.54, 1.807) is 0 Å². The zero-order chi connectivity index (χ0) is 15.3. The molecule has 0 aromatic heterocycles. The Morgan fingerprint density at radius 1 is 1.05 bits per heavy atom. The van der Waals surface area contributed by atoms with Crippen LogP contribution in [0.25, 0.3) is 0 Å². The second kappa shape index (κ2) is 12.4. The minimum Gasteiger partial charge on any atom is -0.396 e. The molecule has 0 bridgehead atoms. The molecule has 1 saturated carbocycles. The summed E-state index contributed by atoms with van der Waals surface area (Å²) >= 11 is 0. The number of nitrogens with two attached hydrogens (primary N) is 1. The van der Waals surface area contributed by atoms with Crippen LogP contribution in [0, 0.1) is 5.92 Å². The molecular weight excluding hydrogens is 260 g/mol. The second-order valence-electron chi connectivity index (χ2n) is 6.84. The molecule has 126 valence electrons. The van der Waals surface area contributed by atoms with Crippen LogP contribution in [0.3, 0.4) is 0 Å². The lowest BCUT2D eigenvalue weighted by Crippen LogP contribution is -2.48. The number of aliphatic hydroxyl groups is 1. The first-order valence-corrected chi connectivity index (χ1v) is 9.38. The van der Waals surface area contributed by atoms with Crippen molar-refractivity contribution in [2.45, 2.75) is 96.1 Å². The van der Waals surface area contributed by atoms with E-state index in [0.717, 1.165) is 6.54 Å². The van der Waals surface area contributed by atoms with Gasteiger partial charge in [-0.25, -0.2) is 0 Å². The fraction of sp³-hybridized carbons (Fsp3) is 1.00. The Balaban J connectivity index is 2.13. The van der Waals surface area contributed by atoms with Gasteiger partial charge in [0.1, 0.15) is 0 Å². The Hall–Kier alpha value is -0.120. The van der Waals surface area contributed by atoms with Crippen molar-refractivity contribution in [1.29, 1.82) is 0 Å². The Kier molecular flexibility index (Phi) is 11.2. The van der Waals surface area contributed by atoms with E-state index in [1.807, 2.05) is 0 Å². The van der Waals surface area contributed by atoms with E-state index in [1.165, 1.54) is 77.0 Å². The van der Waals surface area contributed by atoms with Crippen molar-refractivity contribution in [3.63, 3.8) is 0 Å². The second-order valence-corrected chi connectivity index (χ2v) is 6.84. The standard InChI is InChI=1S/C18H38N2O/c1-2-3-4-5-6-7-8-12-17(14-19)20-18-13-10-9-11-16(18)15-21/h16-18,20-21H,2-15,19H2,1H3. The highest BCUT2D eigenvalue weighted by Crippen LogP contribution is 2.24. The number of nitrogens with one attached hydrogen (secondary N) is 1. The normalized spacial score (nSPS) is 24.1. The summed E-state index contributed by atoms with van der Waals surface area (Å²) in [5.74, 6) is 0.446. The summed E-state index contributed by atoms with van der Waals surface area (Å²) in [6.07, 6.45) is 15.6. The van der Waals surface area contributed by atoms with E-state index in [4.69, 9.17) is 5.73 Å². The number of hydrogen-bond acceptors (Lipinski definition) is 3. The lowest BCUT2D eigenvalue weighted by Gasteiger charge is -2.34. The number of rotatable bonds is 12. The van der Waals surface area contributed by atoms with Crippen LogP contribution < -0.4 is 11.1 Å². The molecule has 0 aromatic rings. The minimum atomic E-state index is 0.326. The Morgan fingerprint density at radius 2 is 1.71 bits per heavy atom. The van der Waals surface area contributed by atoms with Gasteiger partial charge in [-0.1, -0.05) is 64.7 Å². The van der Waals surface area contributed by atoms with Crippen molar-refractivity contribution in [1.82, 2.24) is 5.32 Å². The van der Waals surface area contributed by atoms with Crippen molar-refractivity contribution < 1.29 is 5.11 Å². The van der Waals surface area contributed by atoms with Gasteiger partial charge >= 0.3 is 0 Å². The predicted octanol–water partition coefficient (Wildman–Crippen LogP) is 3.60. The average Bonchev–Trinajstić information content (AvgIpc) is 2.53. The molecule has 21 heavy (non-hydrogen) atoms. The lowest BCUT2D eigenvalue weighted by atomic mass is 9.84. The van der Waals surface area contributed by atoms with Gasteiger partial charge in [0, 0.05) is 25.2 Å². The molecule has 3 nitrogen and oxygen atoms in total. The van der Waals surface area contributed by atoms with Crippen molar-refractivity contribution in [3.8, 4) is 0 Å². The molecule has 1 aliphatic rings. The van der Waals surface area contributed by atoms with E-state index in [2.05, 4.69) is 12.2 Å². The minimum absolute atomic E-state index is 0.326. The quantitative estimate of drug-likeness (QED) is 0.483. The molecule has 0 radical (unpaired) electrons. The van der Waals surface area contributed by atoms with Gasteiger partial charge in [-0.2, -0.15) is 0 Å². The Labute approximate surface area is 132 Å². The van der Waals surface area contributed by atoms with Gasteiger partial charge in [0.2, 0.25) is 0 Å². The van der Waals surface area contributed by atoms with Crippen molar-refractivity contribution in [3.05, 3.63) is 0 Å². The highest BCUT2D eigenvalue weighted by Gasteiger charge is 2.25. The van der Waals surface area contributed by atoms with Crippen LogP contribution in [0.15, 0.2) is 0 Å².